The second-order valence-corrected chi connectivity index (χ2v) is 6.01. The molecule has 2 N–H and O–H groups in total. The van der Waals surface area contributed by atoms with E-state index in [0.717, 1.165) is 11.3 Å². The summed E-state index contributed by atoms with van der Waals surface area (Å²) in [6, 6.07) is 10.6. The van der Waals surface area contributed by atoms with Crippen molar-refractivity contribution in [1.82, 2.24) is 15.6 Å². The number of hydrogen-bond donors (Lipinski definition) is 2. The van der Waals surface area contributed by atoms with Crippen molar-refractivity contribution in [3.63, 3.8) is 0 Å². The summed E-state index contributed by atoms with van der Waals surface area (Å²) in [7, 11) is 1.62. The van der Waals surface area contributed by atoms with Gasteiger partial charge in [-0.1, -0.05) is 0 Å². The standard InChI is InChI=1S/C19H23N3O4.2ClH/c1-13-18(21-9-10-25-13)19(23)22-12-14-7-8-20-17(11-14)26-16-5-3-15(24-2)4-6-16;;/h3-8,11,13,18,21H,9-10,12H2,1-2H3,(H,22,23);2*1H/t13-,18+;;/m1../s1. The van der Waals surface area contributed by atoms with Gasteiger partial charge < -0.3 is 24.8 Å². The van der Waals surface area contributed by atoms with Gasteiger partial charge in [-0.15, -0.1) is 24.8 Å². The molecule has 0 bridgehead atoms. The Bertz CT molecular complexity index is 746. The summed E-state index contributed by atoms with van der Waals surface area (Å²) in [5.74, 6) is 1.81. The van der Waals surface area contributed by atoms with Gasteiger partial charge in [0, 0.05) is 25.4 Å². The van der Waals surface area contributed by atoms with Crippen LogP contribution in [0.25, 0.3) is 0 Å². The molecule has 3 rings (SSSR count). The lowest BCUT2D eigenvalue weighted by molar-refractivity contribution is -0.129. The van der Waals surface area contributed by atoms with E-state index < -0.39 is 0 Å². The Balaban J connectivity index is 0.00000196. The molecule has 1 aromatic carbocycles. The van der Waals surface area contributed by atoms with E-state index in [2.05, 4.69) is 15.6 Å². The van der Waals surface area contributed by atoms with Gasteiger partial charge in [0.1, 0.15) is 17.5 Å². The predicted octanol–water partition coefficient (Wildman–Crippen LogP) is 2.72. The van der Waals surface area contributed by atoms with Gasteiger partial charge in [-0.2, -0.15) is 0 Å². The van der Waals surface area contributed by atoms with E-state index >= 15 is 0 Å². The van der Waals surface area contributed by atoms with Crippen molar-refractivity contribution in [2.24, 2.45) is 0 Å². The van der Waals surface area contributed by atoms with E-state index in [1.54, 1.807) is 19.4 Å². The number of carbonyl (C=O) groups excluding carboxylic acids is 1. The molecule has 0 aliphatic carbocycles. The number of methoxy groups -OCH3 is 1. The summed E-state index contributed by atoms with van der Waals surface area (Å²) >= 11 is 0. The van der Waals surface area contributed by atoms with Crippen molar-refractivity contribution in [2.75, 3.05) is 20.3 Å². The summed E-state index contributed by atoms with van der Waals surface area (Å²) in [6.07, 6.45) is 1.51. The Morgan fingerprint density at radius 1 is 1.25 bits per heavy atom. The summed E-state index contributed by atoms with van der Waals surface area (Å²) in [5.41, 5.74) is 0.904. The highest BCUT2D eigenvalue weighted by atomic mass is 35.5. The molecule has 2 aromatic rings. The van der Waals surface area contributed by atoms with Gasteiger partial charge in [0.2, 0.25) is 11.8 Å². The predicted molar refractivity (Wildman–Crippen MR) is 111 cm³/mol. The Labute approximate surface area is 177 Å². The van der Waals surface area contributed by atoms with Crippen molar-refractivity contribution in [2.45, 2.75) is 25.6 Å². The molecule has 1 amide bonds. The second kappa shape index (κ2) is 11.7. The summed E-state index contributed by atoms with van der Waals surface area (Å²) in [6.45, 7) is 3.59. The summed E-state index contributed by atoms with van der Waals surface area (Å²) in [4.78, 5) is 16.5. The van der Waals surface area contributed by atoms with Gasteiger partial charge >= 0.3 is 0 Å². The zero-order valence-corrected chi connectivity index (χ0v) is 17.3. The smallest absolute Gasteiger partial charge is 0.240 e. The third kappa shape index (κ3) is 6.53. The van der Waals surface area contributed by atoms with Crippen LogP contribution in [0.15, 0.2) is 42.6 Å². The Kier molecular flexibility index (Phi) is 10.0. The van der Waals surface area contributed by atoms with Gasteiger partial charge in [0.15, 0.2) is 0 Å². The van der Waals surface area contributed by atoms with Crippen molar-refractivity contribution >= 4 is 30.7 Å². The zero-order chi connectivity index (χ0) is 18.4. The first-order valence-corrected chi connectivity index (χ1v) is 8.55. The van der Waals surface area contributed by atoms with E-state index in [1.165, 1.54) is 0 Å². The third-order valence-electron chi connectivity index (χ3n) is 4.15. The molecule has 0 spiro atoms. The molecule has 1 fully saturated rings. The normalized spacial score (nSPS) is 18.2. The number of aromatic nitrogens is 1. The van der Waals surface area contributed by atoms with Crippen LogP contribution in [-0.2, 0) is 16.1 Å². The number of ether oxygens (including phenoxy) is 3. The maximum atomic E-state index is 12.3. The van der Waals surface area contributed by atoms with E-state index in [4.69, 9.17) is 14.2 Å². The van der Waals surface area contributed by atoms with Crippen molar-refractivity contribution < 1.29 is 19.0 Å². The average molecular weight is 430 g/mol. The number of hydrogen-bond acceptors (Lipinski definition) is 6. The van der Waals surface area contributed by atoms with Crippen LogP contribution in [-0.4, -0.2) is 43.3 Å². The minimum absolute atomic E-state index is 0. The molecule has 1 saturated heterocycles. The first-order valence-electron chi connectivity index (χ1n) is 8.55. The summed E-state index contributed by atoms with van der Waals surface area (Å²) < 4.78 is 16.4. The number of morpholine rings is 1. The SMILES string of the molecule is COc1ccc(Oc2cc(CNC(=O)[C@H]3NCCO[C@@H]3C)ccn2)cc1.Cl.Cl. The molecule has 154 valence electrons. The molecule has 1 aliphatic rings. The number of nitrogens with zero attached hydrogens (tertiary/aromatic N) is 1. The summed E-state index contributed by atoms with van der Waals surface area (Å²) in [5, 5.41) is 6.10. The van der Waals surface area contributed by atoms with E-state index in [0.29, 0.717) is 31.3 Å². The van der Waals surface area contributed by atoms with Crippen LogP contribution in [0.4, 0.5) is 0 Å². The lowest BCUT2D eigenvalue weighted by atomic mass is 10.1. The first kappa shape index (κ1) is 24.0. The quantitative estimate of drug-likeness (QED) is 0.734. The van der Waals surface area contributed by atoms with Crippen molar-refractivity contribution in [3.05, 3.63) is 48.2 Å². The van der Waals surface area contributed by atoms with Crippen LogP contribution < -0.4 is 20.1 Å². The Morgan fingerprint density at radius 3 is 2.64 bits per heavy atom. The van der Waals surface area contributed by atoms with E-state index in [-0.39, 0.29) is 42.9 Å². The molecule has 28 heavy (non-hydrogen) atoms. The van der Waals surface area contributed by atoms with Crippen LogP contribution >= 0.6 is 24.8 Å². The average Bonchev–Trinajstić information content (AvgIpc) is 2.67. The molecule has 1 aliphatic heterocycles. The topological polar surface area (TPSA) is 81.7 Å². The van der Waals surface area contributed by atoms with E-state index in [1.807, 2.05) is 37.3 Å². The number of carbonyl (C=O) groups is 1. The second-order valence-electron chi connectivity index (χ2n) is 6.01. The minimum atomic E-state index is -0.333. The lowest BCUT2D eigenvalue weighted by Crippen LogP contribution is -2.55. The molecule has 2 atom stereocenters. The van der Waals surface area contributed by atoms with Crippen LogP contribution in [0, 0.1) is 0 Å². The maximum absolute atomic E-state index is 12.3. The molecule has 0 saturated carbocycles. The van der Waals surface area contributed by atoms with Crippen LogP contribution in [0.2, 0.25) is 0 Å². The van der Waals surface area contributed by atoms with E-state index in [9.17, 15) is 4.79 Å². The Hall–Kier alpha value is -2.06. The molecular weight excluding hydrogens is 405 g/mol. The molecular formula is C19H25Cl2N3O4. The minimum Gasteiger partial charge on any atom is -0.497 e. The van der Waals surface area contributed by atoms with Crippen LogP contribution in [0.5, 0.6) is 17.4 Å². The molecule has 9 heteroatoms. The highest BCUT2D eigenvalue weighted by Crippen LogP contribution is 2.22. The van der Waals surface area contributed by atoms with Gasteiger partial charge in [-0.3, -0.25) is 4.79 Å². The number of pyridine rings is 1. The number of rotatable bonds is 6. The molecule has 1 aromatic heterocycles. The first-order chi connectivity index (χ1) is 12.7. The highest BCUT2D eigenvalue weighted by Gasteiger charge is 2.27. The zero-order valence-electron chi connectivity index (χ0n) is 15.7. The largest absolute Gasteiger partial charge is 0.497 e. The molecule has 0 unspecified atom stereocenters. The fourth-order valence-electron chi connectivity index (χ4n) is 2.71. The van der Waals surface area contributed by atoms with Gasteiger partial charge in [-0.05, 0) is 42.8 Å². The fourth-order valence-corrected chi connectivity index (χ4v) is 2.71. The van der Waals surface area contributed by atoms with Gasteiger partial charge in [0.25, 0.3) is 0 Å². The number of nitrogens with one attached hydrogen (secondary N) is 2. The van der Waals surface area contributed by atoms with Crippen molar-refractivity contribution in [1.29, 1.82) is 0 Å². The number of halogens is 2. The molecule has 0 radical (unpaired) electrons. The monoisotopic (exact) mass is 429 g/mol. The highest BCUT2D eigenvalue weighted by molar-refractivity contribution is 5.85. The van der Waals surface area contributed by atoms with Crippen molar-refractivity contribution in [3.8, 4) is 17.4 Å². The molecule has 7 nitrogen and oxygen atoms in total. The lowest BCUT2D eigenvalue weighted by Gasteiger charge is -2.29. The third-order valence-corrected chi connectivity index (χ3v) is 4.15. The maximum Gasteiger partial charge on any atom is 0.240 e. The number of amides is 1. The van der Waals surface area contributed by atoms with Gasteiger partial charge in [0.05, 0.1) is 19.8 Å². The van der Waals surface area contributed by atoms with Gasteiger partial charge in [-0.25, -0.2) is 4.98 Å². The number of benzene rings is 1. The van der Waals surface area contributed by atoms with Crippen LogP contribution in [0.3, 0.4) is 0 Å². The van der Waals surface area contributed by atoms with Crippen LogP contribution in [0.1, 0.15) is 12.5 Å². The Morgan fingerprint density at radius 2 is 1.96 bits per heavy atom. The molecule has 2 heterocycles. The fraction of sp³-hybridized carbons (Fsp3) is 0.368.